The Bertz CT molecular complexity index is 619. The van der Waals surface area contributed by atoms with Gasteiger partial charge in [-0.3, -0.25) is 4.79 Å². The number of carbonyl (C=O) groups is 1. The minimum atomic E-state index is -4.41. The molecule has 2 nitrogen and oxygen atoms in total. The van der Waals surface area contributed by atoms with Gasteiger partial charge in [0.1, 0.15) is 5.75 Å². The molecular formula is C17H15F3O2. The number of rotatable bonds is 5. The van der Waals surface area contributed by atoms with Gasteiger partial charge in [-0.05, 0) is 29.8 Å². The van der Waals surface area contributed by atoms with Crippen LogP contribution < -0.4 is 4.74 Å². The molecule has 0 N–H and O–H groups in total. The van der Waals surface area contributed by atoms with E-state index >= 15 is 0 Å². The molecule has 2 aromatic carbocycles. The van der Waals surface area contributed by atoms with Crippen molar-refractivity contribution in [1.82, 2.24) is 0 Å². The number of Topliss-reactive ketones (excluding diaryl/α,β-unsaturated/α-hetero) is 1. The number of halogens is 3. The van der Waals surface area contributed by atoms with Crippen LogP contribution in [0, 0.1) is 0 Å². The van der Waals surface area contributed by atoms with E-state index in [1.807, 2.05) is 0 Å². The molecule has 0 saturated heterocycles. The van der Waals surface area contributed by atoms with E-state index in [0.29, 0.717) is 11.3 Å². The summed E-state index contributed by atoms with van der Waals surface area (Å²) in [4.78, 5) is 12.5. The van der Waals surface area contributed by atoms with Crippen molar-refractivity contribution in [2.75, 3.05) is 7.11 Å². The van der Waals surface area contributed by atoms with Crippen LogP contribution in [0.5, 0.6) is 5.75 Å². The van der Waals surface area contributed by atoms with Crippen LogP contribution in [-0.4, -0.2) is 19.1 Å². The Morgan fingerprint density at radius 3 is 2.14 bits per heavy atom. The molecule has 0 spiro atoms. The van der Waals surface area contributed by atoms with Crippen molar-refractivity contribution < 1.29 is 22.7 Å². The number of ketones is 1. The van der Waals surface area contributed by atoms with Crippen molar-refractivity contribution in [3.63, 3.8) is 0 Å². The maximum atomic E-state index is 12.8. The molecule has 0 saturated carbocycles. The SMILES string of the molecule is COc1ccc(C(=O)C(CC(F)(F)F)c2ccccc2)cc1. The Labute approximate surface area is 126 Å². The number of benzene rings is 2. The van der Waals surface area contributed by atoms with Crippen molar-refractivity contribution in [1.29, 1.82) is 0 Å². The van der Waals surface area contributed by atoms with E-state index in [2.05, 4.69) is 0 Å². The first kappa shape index (κ1) is 16.1. The molecule has 2 aromatic rings. The van der Waals surface area contributed by atoms with Gasteiger partial charge in [-0.15, -0.1) is 0 Å². The van der Waals surface area contributed by atoms with Gasteiger partial charge in [0.05, 0.1) is 19.4 Å². The topological polar surface area (TPSA) is 26.3 Å². The highest BCUT2D eigenvalue weighted by Gasteiger charge is 2.36. The van der Waals surface area contributed by atoms with Crippen LogP contribution in [0.25, 0.3) is 0 Å². The molecule has 0 aliphatic heterocycles. The predicted molar refractivity (Wildman–Crippen MR) is 77.2 cm³/mol. The van der Waals surface area contributed by atoms with Crippen LogP contribution in [0.4, 0.5) is 13.2 Å². The maximum absolute atomic E-state index is 12.8. The van der Waals surface area contributed by atoms with Crippen LogP contribution in [0.1, 0.15) is 28.3 Å². The number of alkyl halides is 3. The zero-order valence-electron chi connectivity index (χ0n) is 11.9. The summed E-state index contributed by atoms with van der Waals surface area (Å²) in [5.74, 6) is -1.25. The molecule has 2 rings (SSSR count). The Morgan fingerprint density at radius 2 is 1.64 bits per heavy atom. The first-order chi connectivity index (χ1) is 10.4. The monoisotopic (exact) mass is 308 g/mol. The summed E-state index contributed by atoms with van der Waals surface area (Å²) in [5.41, 5.74) is 0.597. The van der Waals surface area contributed by atoms with E-state index in [0.717, 1.165) is 0 Å². The molecule has 0 fully saturated rings. The van der Waals surface area contributed by atoms with Crippen molar-refractivity contribution in [2.24, 2.45) is 0 Å². The highest BCUT2D eigenvalue weighted by Crippen LogP contribution is 2.33. The van der Waals surface area contributed by atoms with Crippen molar-refractivity contribution in [2.45, 2.75) is 18.5 Å². The van der Waals surface area contributed by atoms with Crippen LogP contribution in [0.15, 0.2) is 54.6 Å². The first-order valence-electron chi connectivity index (χ1n) is 6.70. The van der Waals surface area contributed by atoms with E-state index < -0.39 is 24.3 Å². The zero-order valence-corrected chi connectivity index (χ0v) is 11.9. The molecular weight excluding hydrogens is 293 g/mol. The van der Waals surface area contributed by atoms with Gasteiger partial charge in [0, 0.05) is 5.56 Å². The van der Waals surface area contributed by atoms with Gasteiger partial charge in [-0.1, -0.05) is 30.3 Å². The van der Waals surface area contributed by atoms with E-state index in [1.54, 1.807) is 30.3 Å². The molecule has 0 heterocycles. The van der Waals surface area contributed by atoms with Crippen LogP contribution >= 0.6 is 0 Å². The quantitative estimate of drug-likeness (QED) is 0.754. The molecule has 0 aliphatic rings. The minimum Gasteiger partial charge on any atom is -0.497 e. The Hall–Kier alpha value is -2.30. The van der Waals surface area contributed by atoms with Gasteiger partial charge < -0.3 is 4.74 Å². The Morgan fingerprint density at radius 1 is 1.05 bits per heavy atom. The molecule has 1 atom stereocenters. The van der Waals surface area contributed by atoms with Gasteiger partial charge in [0.15, 0.2) is 5.78 Å². The lowest BCUT2D eigenvalue weighted by molar-refractivity contribution is -0.136. The van der Waals surface area contributed by atoms with Crippen LogP contribution in [0.2, 0.25) is 0 Å². The molecule has 5 heteroatoms. The second-order valence-electron chi connectivity index (χ2n) is 4.88. The molecule has 0 bridgehead atoms. The molecule has 0 aromatic heterocycles. The summed E-state index contributed by atoms with van der Waals surface area (Å²) in [6.45, 7) is 0. The minimum absolute atomic E-state index is 0.235. The van der Waals surface area contributed by atoms with Crippen molar-refractivity contribution in [3.05, 3.63) is 65.7 Å². The third-order valence-electron chi connectivity index (χ3n) is 3.33. The van der Waals surface area contributed by atoms with Crippen LogP contribution in [0.3, 0.4) is 0 Å². The number of carbonyl (C=O) groups excluding carboxylic acids is 1. The largest absolute Gasteiger partial charge is 0.497 e. The average Bonchev–Trinajstić information content (AvgIpc) is 2.52. The van der Waals surface area contributed by atoms with E-state index in [4.69, 9.17) is 4.74 Å². The Balaban J connectivity index is 2.33. The number of ether oxygens (including phenoxy) is 1. The molecule has 116 valence electrons. The summed E-state index contributed by atoms with van der Waals surface area (Å²) in [7, 11) is 1.48. The molecule has 22 heavy (non-hydrogen) atoms. The van der Waals surface area contributed by atoms with Gasteiger partial charge >= 0.3 is 6.18 Å². The summed E-state index contributed by atoms with van der Waals surface area (Å²) >= 11 is 0. The first-order valence-corrected chi connectivity index (χ1v) is 6.70. The normalized spacial score (nSPS) is 12.7. The molecule has 1 unspecified atom stereocenters. The fourth-order valence-electron chi connectivity index (χ4n) is 2.24. The van der Waals surface area contributed by atoms with Crippen molar-refractivity contribution >= 4 is 5.78 Å². The summed E-state index contributed by atoms with van der Waals surface area (Å²) in [5, 5.41) is 0. The molecule has 0 aliphatic carbocycles. The number of hydrogen-bond acceptors (Lipinski definition) is 2. The van der Waals surface area contributed by atoms with Gasteiger partial charge in [0.2, 0.25) is 0 Å². The van der Waals surface area contributed by atoms with E-state index in [9.17, 15) is 18.0 Å². The van der Waals surface area contributed by atoms with E-state index in [1.165, 1.54) is 31.4 Å². The van der Waals surface area contributed by atoms with Crippen molar-refractivity contribution in [3.8, 4) is 5.75 Å². The highest BCUT2D eigenvalue weighted by molar-refractivity contribution is 6.01. The fourth-order valence-corrected chi connectivity index (χ4v) is 2.24. The Kier molecular flexibility index (Phi) is 4.85. The third kappa shape index (κ3) is 4.10. The number of hydrogen-bond donors (Lipinski definition) is 0. The summed E-state index contributed by atoms with van der Waals surface area (Å²) in [6.07, 6.45) is -5.59. The summed E-state index contributed by atoms with van der Waals surface area (Å²) in [6, 6.07) is 14.1. The molecule has 0 radical (unpaired) electrons. The predicted octanol–water partition coefficient (Wildman–Crippen LogP) is 4.61. The molecule has 0 amide bonds. The third-order valence-corrected chi connectivity index (χ3v) is 3.33. The van der Waals surface area contributed by atoms with Gasteiger partial charge in [-0.25, -0.2) is 0 Å². The second kappa shape index (κ2) is 6.64. The zero-order chi connectivity index (χ0) is 16.2. The van der Waals surface area contributed by atoms with Crippen LogP contribution in [-0.2, 0) is 0 Å². The van der Waals surface area contributed by atoms with E-state index in [-0.39, 0.29) is 5.56 Å². The second-order valence-corrected chi connectivity index (χ2v) is 4.88. The highest BCUT2D eigenvalue weighted by atomic mass is 19.4. The lowest BCUT2D eigenvalue weighted by Gasteiger charge is -2.18. The van der Waals surface area contributed by atoms with Gasteiger partial charge in [0.25, 0.3) is 0 Å². The fraction of sp³-hybridized carbons (Fsp3) is 0.235. The van der Waals surface area contributed by atoms with Gasteiger partial charge in [-0.2, -0.15) is 13.2 Å². The lowest BCUT2D eigenvalue weighted by Crippen LogP contribution is -2.21. The summed E-state index contributed by atoms with van der Waals surface area (Å²) < 4.78 is 43.4. The smallest absolute Gasteiger partial charge is 0.390 e. The standard InChI is InChI=1S/C17H15F3O2/c1-22-14-9-7-13(8-10-14)16(21)15(11-17(18,19)20)12-5-3-2-4-6-12/h2-10,15H,11H2,1H3. The average molecular weight is 308 g/mol. The number of methoxy groups -OCH3 is 1. The maximum Gasteiger partial charge on any atom is 0.390 e. The lowest BCUT2D eigenvalue weighted by atomic mass is 9.88.